The maximum Gasteiger partial charge on any atom is 0.323 e. The fourth-order valence-electron chi connectivity index (χ4n) is 8.57. The Kier molecular flexibility index (Phi) is 6.37. The Morgan fingerprint density at radius 3 is 2.55 bits per heavy atom. The number of carbonyl (C=O) groups excluding carboxylic acids is 2. The van der Waals surface area contributed by atoms with E-state index in [1.54, 1.807) is 5.57 Å². The Bertz CT molecular complexity index is 760. The van der Waals surface area contributed by atoms with Gasteiger partial charge in [-0.2, -0.15) is 0 Å². The molecule has 4 aliphatic carbocycles. The van der Waals surface area contributed by atoms with Crippen molar-refractivity contribution < 1.29 is 14.3 Å². The number of fused-ring (bicyclic) bond motifs is 5. The maximum atomic E-state index is 12.5. The van der Waals surface area contributed by atoms with Gasteiger partial charge >= 0.3 is 5.97 Å². The van der Waals surface area contributed by atoms with E-state index < -0.39 is 0 Å². The van der Waals surface area contributed by atoms with Gasteiger partial charge in [0, 0.05) is 5.92 Å². The second kappa shape index (κ2) is 8.48. The van der Waals surface area contributed by atoms with Crippen LogP contribution >= 0.6 is 12.4 Å². The number of halogens is 1. The van der Waals surface area contributed by atoms with Gasteiger partial charge in [-0.15, -0.1) is 12.4 Å². The molecule has 4 fully saturated rings. The lowest BCUT2D eigenvalue weighted by Gasteiger charge is -2.58. The molecule has 0 amide bonds. The van der Waals surface area contributed by atoms with E-state index >= 15 is 0 Å². The van der Waals surface area contributed by atoms with Crippen molar-refractivity contribution in [2.24, 2.45) is 34.5 Å². The topological polar surface area (TPSA) is 55.4 Å². The number of hydrogen-bond acceptors (Lipinski definition) is 4. The van der Waals surface area contributed by atoms with Gasteiger partial charge in [0.2, 0.25) is 0 Å². The van der Waals surface area contributed by atoms with Crippen LogP contribution in [0.15, 0.2) is 11.6 Å². The van der Waals surface area contributed by atoms with Crippen LogP contribution in [-0.2, 0) is 14.3 Å². The molecule has 0 spiro atoms. The van der Waals surface area contributed by atoms with E-state index in [0.29, 0.717) is 11.7 Å². The minimum Gasteiger partial charge on any atom is -0.457 e. The van der Waals surface area contributed by atoms with Gasteiger partial charge in [0.05, 0.1) is 0 Å². The van der Waals surface area contributed by atoms with Crippen LogP contribution in [0.3, 0.4) is 0 Å². The van der Waals surface area contributed by atoms with E-state index in [1.807, 2.05) is 6.92 Å². The highest BCUT2D eigenvalue weighted by Crippen LogP contribution is 2.66. The van der Waals surface area contributed by atoms with Crippen molar-refractivity contribution in [3.63, 3.8) is 0 Å². The minimum atomic E-state index is -0.0972. The summed E-state index contributed by atoms with van der Waals surface area (Å²) in [7, 11) is 0. The summed E-state index contributed by atoms with van der Waals surface area (Å²) in [5.74, 6) is 2.85. The van der Waals surface area contributed by atoms with Crippen molar-refractivity contribution >= 4 is 24.2 Å². The first-order chi connectivity index (χ1) is 14.3. The van der Waals surface area contributed by atoms with Crippen LogP contribution in [0.2, 0.25) is 0 Å². The number of carbonyl (C=O) groups is 2. The van der Waals surface area contributed by atoms with Crippen molar-refractivity contribution in [2.75, 3.05) is 6.54 Å². The van der Waals surface area contributed by atoms with E-state index in [-0.39, 0.29) is 47.3 Å². The highest BCUT2D eigenvalue weighted by molar-refractivity contribution is 5.85. The highest BCUT2D eigenvalue weighted by atomic mass is 35.5. The van der Waals surface area contributed by atoms with Gasteiger partial charge in [0.15, 0.2) is 0 Å². The maximum absolute atomic E-state index is 12.5. The molecule has 5 heteroatoms. The van der Waals surface area contributed by atoms with E-state index in [9.17, 15) is 9.59 Å². The van der Waals surface area contributed by atoms with Gasteiger partial charge in [-0.25, -0.2) is 0 Å². The molecular weight excluding hydrogens is 410 g/mol. The molecule has 8 atom stereocenters. The Morgan fingerprint density at radius 2 is 1.84 bits per heavy atom. The third kappa shape index (κ3) is 3.70. The van der Waals surface area contributed by atoms with Gasteiger partial charge < -0.3 is 10.1 Å². The molecule has 1 N–H and O–H groups in total. The summed E-state index contributed by atoms with van der Waals surface area (Å²) in [6.45, 7) is 7.66. The standard InChI is InChI=1S/C26H39NO3.ClH/c1-16(28)20-8-9-21-19-7-6-17-15-18(30-24(29)23-5-4-14-27-23)10-12-25(17,2)22(19)11-13-26(20,21)3;/h15,18-23,27H,4-14H2,1-3H3;1H/t18-,19?,20+,21?,22?,23-,25-,26+;/m0./s1. The highest BCUT2D eigenvalue weighted by Gasteiger charge is 2.59. The molecular formula is C26H40ClNO3. The summed E-state index contributed by atoms with van der Waals surface area (Å²) >= 11 is 0. The third-order valence-electron chi connectivity index (χ3n) is 10.2. The van der Waals surface area contributed by atoms with Gasteiger partial charge in [-0.3, -0.25) is 9.59 Å². The van der Waals surface area contributed by atoms with Gasteiger partial charge in [0.1, 0.15) is 17.9 Å². The average Bonchev–Trinajstić information content (AvgIpc) is 3.35. The van der Waals surface area contributed by atoms with E-state index in [2.05, 4.69) is 25.2 Å². The average molecular weight is 450 g/mol. The van der Waals surface area contributed by atoms with Crippen LogP contribution < -0.4 is 5.32 Å². The summed E-state index contributed by atoms with van der Waals surface area (Å²) in [4.78, 5) is 24.8. The first-order valence-electron chi connectivity index (χ1n) is 12.5. The van der Waals surface area contributed by atoms with Crippen molar-refractivity contribution in [1.29, 1.82) is 0 Å². The van der Waals surface area contributed by atoms with Crippen LogP contribution in [0, 0.1) is 34.5 Å². The number of hydrogen-bond donors (Lipinski definition) is 1. The molecule has 4 nitrogen and oxygen atoms in total. The van der Waals surface area contributed by atoms with Crippen LogP contribution in [0.5, 0.6) is 0 Å². The Hall–Kier alpha value is -0.870. The predicted octanol–water partition coefficient (Wildman–Crippen LogP) is 5.24. The molecule has 1 saturated heterocycles. The fourth-order valence-corrected chi connectivity index (χ4v) is 8.57. The lowest BCUT2D eigenvalue weighted by Crippen LogP contribution is -2.51. The van der Waals surface area contributed by atoms with Crippen molar-refractivity contribution in [3.05, 3.63) is 11.6 Å². The zero-order valence-corrected chi connectivity index (χ0v) is 20.3. The molecule has 5 rings (SSSR count). The number of rotatable bonds is 3. The Balaban J connectivity index is 0.00000231. The largest absolute Gasteiger partial charge is 0.457 e. The summed E-state index contributed by atoms with van der Waals surface area (Å²) in [5, 5.41) is 3.26. The lowest BCUT2D eigenvalue weighted by atomic mass is 9.46. The second-order valence-corrected chi connectivity index (χ2v) is 11.5. The molecule has 1 aliphatic heterocycles. The molecule has 0 bridgehead atoms. The molecule has 0 aromatic carbocycles. The first-order valence-corrected chi connectivity index (χ1v) is 12.5. The molecule has 3 unspecified atom stereocenters. The molecule has 5 aliphatic rings. The summed E-state index contributed by atoms with van der Waals surface area (Å²) in [6, 6.07) is -0.0972. The predicted molar refractivity (Wildman–Crippen MR) is 124 cm³/mol. The zero-order chi connectivity index (χ0) is 21.1. The summed E-state index contributed by atoms with van der Waals surface area (Å²) in [6.07, 6.45) is 13.6. The molecule has 0 radical (unpaired) electrons. The van der Waals surface area contributed by atoms with Crippen molar-refractivity contribution in [3.8, 4) is 0 Å². The zero-order valence-electron chi connectivity index (χ0n) is 19.5. The van der Waals surface area contributed by atoms with Gasteiger partial charge in [-0.05, 0) is 112 Å². The molecule has 31 heavy (non-hydrogen) atoms. The summed E-state index contributed by atoms with van der Waals surface area (Å²) < 4.78 is 5.92. The first kappa shape index (κ1) is 23.3. The molecule has 1 heterocycles. The van der Waals surface area contributed by atoms with E-state index in [0.717, 1.165) is 56.9 Å². The molecule has 0 aromatic heterocycles. The Morgan fingerprint density at radius 1 is 1.03 bits per heavy atom. The number of nitrogens with one attached hydrogen (secondary N) is 1. The van der Waals surface area contributed by atoms with Crippen molar-refractivity contribution in [1.82, 2.24) is 5.32 Å². The molecule has 174 valence electrons. The van der Waals surface area contributed by atoms with Crippen LogP contribution in [-0.4, -0.2) is 30.4 Å². The van der Waals surface area contributed by atoms with Crippen molar-refractivity contribution in [2.45, 2.75) is 97.1 Å². The third-order valence-corrected chi connectivity index (χ3v) is 10.2. The minimum absolute atomic E-state index is 0. The quantitative estimate of drug-likeness (QED) is 0.472. The van der Waals surface area contributed by atoms with Gasteiger partial charge in [-0.1, -0.05) is 19.4 Å². The lowest BCUT2D eigenvalue weighted by molar-refractivity contribution is -0.150. The number of Topliss-reactive ketones (excluding diaryl/α,β-unsaturated/α-hetero) is 1. The van der Waals surface area contributed by atoms with Crippen LogP contribution in [0.25, 0.3) is 0 Å². The fraction of sp³-hybridized carbons (Fsp3) is 0.846. The number of esters is 1. The normalized spacial score (nSPS) is 46.1. The monoisotopic (exact) mass is 449 g/mol. The van der Waals surface area contributed by atoms with Gasteiger partial charge in [0.25, 0.3) is 0 Å². The Labute approximate surface area is 193 Å². The number of ether oxygens (including phenoxy) is 1. The molecule has 0 aromatic rings. The van der Waals surface area contributed by atoms with E-state index in [1.165, 1.54) is 25.7 Å². The second-order valence-electron chi connectivity index (χ2n) is 11.5. The molecule has 3 saturated carbocycles. The van der Waals surface area contributed by atoms with Crippen LogP contribution in [0.1, 0.15) is 85.0 Å². The number of ketones is 1. The smallest absolute Gasteiger partial charge is 0.323 e. The SMILES string of the molecule is CC(=O)[C@H]1CCC2C3CCC4=C[C@@H](OC(=O)[C@@H]5CCCN5)CC[C@]4(C)C3CC[C@@]21C.Cl. The number of allylic oxidation sites excluding steroid dienone is 1. The van der Waals surface area contributed by atoms with Crippen LogP contribution in [0.4, 0.5) is 0 Å². The summed E-state index contributed by atoms with van der Waals surface area (Å²) in [5.41, 5.74) is 2.04. The van der Waals surface area contributed by atoms with E-state index in [4.69, 9.17) is 4.74 Å².